The first-order valence-corrected chi connectivity index (χ1v) is 7.33. The highest BCUT2D eigenvalue weighted by Gasteiger charge is 2.19. The van der Waals surface area contributed by atoms with Gasteiger partial charge in [-0.3, -0.25) is 0 Å². The van der Waals surface area contributed by atoms with Gasteiger partial charge in [-0.1, -0.05) is 6.92 Å². The van der Waals surface area contributed by atoms with E-state index in [9.17, 15) is 0 Å². The van der Waals surface area contributed by atoms with Gasteiger partial charge in [-0.25, -0.2) is 4.98 Å². The molecule has 0 radical (unpaired) electrons. The average molecular weight is 263 g/mol. The molecule has 4 heteroatoms. The maximum Gasteiger partial charge on any atom is 0.129 e. The topological polar surface area (TPSA) is 51.4 Å². The van der Waals surface area contributed by atoms with Gasteiger partial charge in [-0.15, -0.1) is 0 Å². The number of rotatable bonds is 6. The first-order valence-electron chi connectivity index (χ1n) is 7.33. The zero-order valence-corrected chi connectivity index (χ0v) is 12.1. The van der Waals surface area contributed by atoms with Crippen molar-refractivity contribution in [2.24, 2.45) is 5.73 Å². The number of nitrogens with zero attached hydrogens (tertiary/aromatic N) is 2. The van der Waals surface area contributed by atoms with Gasteiger partial charge in [0.1, 0.15) is 5.82 Å². The van der Waals surface area contributed by atoms with Crippen molar-refractivity contribution in [3.05, 3.63) is 23.4 Å². The lowest BCUT2D eigenvalue weighted by Crippen LogP contribution is -2.33. The van der Waals surface area contributed by atoms with Crippen LogP contribution in [-0.4, -0.2) is 30.8 Å². The summed E-state index contributed by atoms with van der Waals surface area (Å²) in [6.07, 6.45) is 3.64. The molecule has 0 aromatic carbocycles. The third-order valence-corrected chi connectivity index (χ3v) is 3.68. The molecule has 2 heterocycles. The van der Waals surface area contributed by atoms with E-state index in [2.05, 4.69) is 30.9 Å². The van der Waals surface area contributed by atoms with Crippen LogP contribution < -0.4 is 10.6 Å². The van der Waals surface area contributed by atoms with E-state index in [1.165, 1.54) is 6.42 Å². The van der Waals surface area contributed by atoms with E-state index < -0.39 is 0 Å². The number of pyridine rings is 1. The molecule has 2 N–H and O–H groups in total. The van der Waals surface area contributed by atoms with Gasteiger partial charge in [-0.05, 0) is 43.9 Å². The zero-order chi connectivity index (χ0) is 13.7. The Kier molecular flexibility index (Phi) is 5.16. The molecule has 1 aromatic rings. The summed E-state index contributed by atoms with van der Waals surface area (Å²) in [5.41, 5.74) is 8.05. The van der Waals surface area contributed by atoms with Crippen molar-refractivity contribution in [1.29, 1.82) is 0 Å². The van der Waals surface area contributed by atoms with E-state index in [1.54, 1.807) is 0 Å². The van der Waals surface area contributed by atoms with Crippen LogP contribution in [0, 0.1) is 0 Å². The monoisotopic (exact) mass is 263 g/mol. The van der Waals surface area contributed by atoms with Gasteiger partial charge < -0.3 is 15.4 Å². The lowest BCUT2D eigenvalue weighted by Gasteiger charge is -2.26. The molecule has 1 saturated heterocycles. The van der Waals surface area contributed by atoms with Crippen molar-refractivity contribution in [1.82, 2.24) is 4.98 Å². The molecule has 19 heavy (non-hydrogen) atoms. The normalized spacial score (nSPS) is 18.8. The van der Waals surface area contributed by atoms with Crippen molar-refractivity contribution in [2.45, 2.75) is 45.8 Å². The molecule has 0 aliphatic carbocycles. The summed E-state index contributed by atoms with van der Waals surface area (Å²) in [7, 11) is 0. The Morgan fingerprint density at radius 3 is 2.84 bits per heavy atom. The Labute approximate surface area is 116 Å². The van der Waals surface area contributed by atoms with Gasteiger partial charge in [0.2, 0.25) is 0 Å². The fourth-order valence-corrected chi connectivity index (χ4v) is 2.51. The molecule has 106 valence electrons. The minimum absolute atomic E-state index is 0.355. The average Bonchev–Trinajstić information content (AvgIpc) is 2.97. The van der Waals surface area contributed by atoms with Gasteiger partial charge in [0.25, 0.3) is 0 Å². The number of nitrogens with two attached hydrogens (primary N) is 1. The predicted octanol–water partition coefficient (Wildman–Crippen LogP) is 2.11. The van der Waals surface area contributed by atoms with E-state index in [0.29, 0.717) is 12.6 Å². The molecule has 0 spiro atoms. The lowest BCUT2D eigenvalue weighted by atomic mass is 10.1. The molecule has 0 bridgehead atoms. The lowest BCUT2D eigenvalue weighted by molar-refractivity contribution is 0.115. The molecule has 2 rings (SSSR count). The highest BCUT2D eigenvalue weighted by atomic mass is 16.5. The van der Waals surface area contributed by atoms with Crippen LogP contribution in [-0.2, 0) is 17.7 Å². The van der Waals surface area contributed by atoms with Crippen molar-refractivity contribution in [3.63, 3.8) is 0 Å². The number of anilines is 1. The van der Waals surface area contributed by atoms with Gasteiger partial charge in [0.05, 0.1) is 6.10 Å². The quantitative estimate of drug-likeness (QED) is 0.854. The number of hydrogen-bond donors (Lipinski definition) is 1. The van der Waals surface area contributed by atoms with E-state index in [1.807, 2.05) is 0 Å². The minimum atomic E-state index is 0.355. The third-order valence-electron chi connectivity index (χ3n) is 3.68. The minimum Gasteiger partial charge on any atom is -0.376 e. The smallest absolute Gasteiger partial charge is 0.129 e. The second-order valence-electron chi connectivity index (χ2n) is 5.06. The fraction of sp³-hybridized carbons (Fsp3) is 0.667. The van der Waals surface area contributed by atoms with Crippen LogP contribution in [0.15, 0.2) is 12.1 Å². The third kappa shape index (κ3) is 3.67. The Morgan fingerprint density at radius 1 is 1.42 bits per heavy atom. The van der Waals surface area contributed by atoms with Gasteiger partial charge in [0.15, 0.2) is 0 Å². The molecule has 1 aliphatic rings. The summed E-state index contributed by atoms with van der Waals surface area (Å²) >= 11 is 0. The van der Waals surface area contributed by atoms with E-state index in [0.717, 1.165) is 49.6 Å². The summed E-state index contributed by atoms with van der Waals surface area (Å²) in [5, 5.41) is 0. The molecule has 1 aliphatic heterocycles. The largest absolute Gasteiger partial charge is 0.376 e. The van der Waals surface area contributed by atoms with E-state index in [-0.39, 0.29) is 0 Å². The molecule has 4 nitrogen and oxygen atoms in total. The first kappa shape index (κ1) is 14.3. The Balaban J connectivity index is 2.15. The number of aromatic nitrogens is 1. The Morgan fingerprint density at radius 2 is 2.26 bits per heavy atom. The predicted molar refractivity (Wildman–Crippen MR) is 78.4 cm³/mol. The number of aryl methyl sites for hydroxylation is 1. The summed E-state index contributed by atoms with van der Waals surface area (Å²) in [6.45, 7) is 7.64. The molecular formula is C15H25N3O. The summed E-state index contributed by atoms with van der Waals surface area (Å²) in [5.74, 6) is 1.04. The standard InChI is InChI=1S/C15H25N3O/c1-3-13-8-12(10-16)9-15(17-13)18(4-2)11-14-6-5-7-19-14/h8-9,14H,3-7,10-11,16H2,1-2H3. The summed E-state index contributed by atoms with van der Waals surface area (Å²) < 4.78 is 5.73. The Bertz CT molecular complexity index is 380. The van der Waals surface area contributed by atoms with Crippen LogP contribution in [0.2, 0.25) is 0 Å². The van der Waals surface area contributed by atoms with Crippen molar-refractivity contribution in [2.75, 3.05) is 24.6 Å². The van der Waals surface area contributed by atoms with Crippen LogP contribution in [0.5, 0.6) is 0 Å². The van der Waals surface area contributed by atoms with Crippen molar-refractivity contribution in [3.8, 4) is 0 Å². The highest BCUT2D eigenvalue weighted by Crippen LogP contribution is 2.19. The highest BCUT2D eigenvalue weighted by molar-refractivity contribution is 5.43. The van der Waals surface area contributed by atoms with Crippen LogP contribution in [0.4, 0.5) is 5.82 Å². The molecule has 1 unspecified atom stereocenters. The fourth-order valence-electron chi connectivity index (χ4n) is 2.51. The number of ether oxygens (including phenoxy) is 1. The van der Waals surface area contributed by atoms with E-state index in [4.69, 9.17) is 15.5 Å². The van der Waals surface area contributed by atoms with Crippen molar-refractivity contribution >= 4 is 5.82 Å². The van der Waals surface area contributed by atoms with Crippen LogP contribution in [0.3, 0.4) is 0 Å². The molecule has 1 atom stereocenters. The van der Waals surface area contributed by atoms with Crippen LogP contribution >= 0.6 is 0 Å². The molecule has 0 saturated carbocycles. The van der Waals surface area contributed by atoms with Gasteiger partial charge in [0, 0.05) is 31.9 Å². The zero-order valence-electron chi connectivity index (χ0n) is 12.1. The SMILES string of the molecule is CCc1cc(CN)cc(N(CC)CC2CCCO2)n1. The maximum absolute atomic E-state index is 5.78. The summed E-state index contributed by atoms with van der Waals surface area (Å²) in [4.78, 5) is 7.03. The first-order chi connectivity index (χ1) is 9.26. The number of likely N-dealkylation sites (N-methyl/N-ethyl adjacent to an activating group) is 1. The maximum atomic E-state index is 5.78. The van der Waals surface area contributed by atoms with Crippen LogP contribution in [0.25, 0.3) is 0 Å². The molecular weight excluding hydrogens is 238 g/mol. The van der Waals surface area contributed by atoms with Gasteiger partial charge in [-0.2, -0.15) is 0 Å². The second kappa shape index (κ2) is 6.87. The molecule has 1 aromatic heterocycles. The Hall–Kier alpha value is -1.13. The summed E-state index contributed by atoms with van der Waals surface area (Å²) in [6, 6.07) is 4.21. The number of hydrogen-bond acceptors (Lipinski definition) is 4. The molecule has 1 fully saturated rings. The molecule has 0 amide bonds. The van der Waals surface area contributed by atoms with Crippen molar-refractivity contribution < 1.29 is 4.74 Å². The van der Waals surface area contributed by atoms with Gasteiger partial charge >= 0.3 is 0 Å². The van der Waals surface area contributed by atoms with Crippen LogP contribution in [0.1, 0.15) is 37.9 Å². The second-order valence-corrected chi connectivity index (χ2v) is 5.06. The van der Waals surface area contributed by atoms with E-state index >= 15 is 0 Å².